The van der Waals surface area contributed by atoms with Crippen LogP contribution in [0.1, 0.15) is 22.2 Å². The maximum absolute atomic E-state index is 10.6. The zero-order valence-corrected chi connectivity index (χ0v) is 8.43. The fourth-order valence-corrected chi connectivity index (χ4v) is 0.690. The molecule has 1 aromatic rings. The maximum atomic E-state index is 10.6. The third-order valence-corrected chi connectivity index (χ3v) is 1.17. The van der Waals surface area contributed by atoms with Crippen molar-refractivity contribution < 1.29 is 7.54 Å². The van der Waals surface area contributed by atoms with Gasteiger partial charge in [-0.2, -0.15) is 0 Å². The second-order valence-electron chi connectivity index (χ2n) is 1.89. The zero-order chi connectivity index (χ0) is 11.8. The first-order valence-electron chi connectivity index (χ1n) is 5.05. The van der Waals surface area contributed by atoms with Gasteiger partial charge >= 0.3 is 0 Å². The van der Waals surface area contributed by atoms with Gasteiger partial charge in [-0.05, 0) is 23.2 Å². The van der Waals surface area contributed by atoms with Crippen molar-refractivity contribution in [2.75, 3.05) is 0 Å². The molecule has 1 rings (SSSR count). The van der Waals surface area contributed by atoms with Crippen LogP contribution in [0.3, 0.4) is 0 Å². The topological polar surface area (TPSA) is 17.1 Å². The fraction of sp³-hybridized carbons (Fsp3) is 0.182. The van der Waals surface area contributed by atoms with E-state index in [9.17, 15) is 4.79 Å². The number of hydrogen-bond donors (Lipinski definition) is 0. The summed E-state index contributed by atoms with van der Waals surface area (Å²) in [7, 11) is 0. The molecule has 0 saturated carbocycles. The SMILES string of the molecule is CC.[2H]/C(C(=O)Cl)=C(/[2H])c1ccccc1. The van der Waals surface area contributed by atoms with Crippen molar-refractivity contribution >= 4 is 22.9 Å². The Morgan fingerprint density at radius 2 is 1.92 bits per heavy atom. The molecule has 0 N–H and O–H groups in total. The Balaban J connectivity index is 0.000000921. The number of benzene rings is 1. The molecule has 0 amide bonds. The van der Waals surface area contributed by atoms with Crippen LogP contribution in [0.4, 0.5) is 0 Å². The summed E-state index contributed by atoms with van der Waals surface area (Å²) in [6.45, 7) is 4.00. The molecule has 0 heterocycles. The highest BCUT2D eigenvalue weighted by atomic mass is 35.5. The van der Waals surface area contributed by atoms with Crippen molar-refractivity contribution in [3.05, 3.63) is 41.9 Å². The molecule has 0 fully saturated rings. The molecule has 0 spiro atoms. The first-order chi connectivity index (χ1) is 7.13. The minimum Gasteiger partial charge on any atom is -0.276 e. The molecule has 0 aliphatic carbocycles. The molecule has 70 valence electrons. The Hall–Kier alpha value is -1.08. The summed E-state index contributed by atoms with van der Waals surface area (Å²) in [5.74, 6) is 0. The second kappa shape index (κ2) is 7.56. The third-order valence-electron chi connectivity index (χ3n) is 1.08. The minimum atomic E-state index is -0.908. The van der Waals surface area contributed by atoms with Crippen LogP contribution in [0.25, 0.3) is 6.05 Å². The van der Waals surface area contributed by atoms with E-state index < -0.39 is 11.3 Å². The van der Waals surface area contributed by atoms with E-state index in [1.54, 1.807) is 30.3 Å². The largest absolute Gasteiger partial charge is 0.276 e. The van der Waals surface area contributed by atoms with Gasteiger partial charge in [0.2, 0.25) is 5.24 Å². The lowest BCUT2D eigenvalue weighted by Crippen LogP contribution is -1.75. The van der Waals surface area contributed by atoms with Gasteiger partial charge in [0.25, 0.3) is 0 Å². The minimum absolute atomic E-state index is 0.152. The van der Waals surface area contributed by atoms with Gasteiger partial charge < -0.3 is 0 Å². The lowest BCUT2D eigenvalue weighted by atomic mass is 10.2. The molecule has 0 aliphatic heterocycles. The summed E-state index contributed by atoms with van der Waals surface area (Å²) in [4.78, 5) is 10.6. The molecule has 0 aromatic heterocycles. The highest BCUT2D eigenvalue weighted by Crippen LogP contribution is 2.01. The van der Waals surface area contributed by atoms with E-state index in [4.69, 9.17) is 14.3 Å². The van der Waals surface area contributed by atoms with Crippen LogP contribution < -0.4 is 0 Å². The smallest absolute Gasteiger partial charge is 0.245 e. The first kappa shape index (κ1) is 8.52. The average Bonchev–Trinajstić information content (AvgIpc) is 2.31. The predicted octanol–water partition coefficient (Wildman–Crippen LogP) is 3.49. The molecular weight excluding hydrogens is 184 g/mol. The second-order valence-corrected chi connectivity index (χ2v) is 2.23. The molecule has 1 aromatic carbocycles. The lowest BCUT2D eigenvalue weighted by Gasteiger charge is -1.87. The van der Waals surface area contributed by atoms with Crippen LogP contribution in [0.2, 0.25) is 0 Å². The molecule has 13 heavy (non-hydrogen) atoms. The third kappa shape index (κ3) is 6.12. The highest BCUT2D eigenvalue weighted by molar-refractivity contribution is 6.66. The number of rotatable bonds is 2. The molecule has 2 heteroatoms. The lowest BCUT2D eigenvalue weighted by molar-refractivity contribution is -0.107. The van der Waals surface area contributed by atoms with Crippen LogP contribution >= 0.6 is 11.6 Å². The van der Waals surface area contributed by atoms with Crippen LogP contribution in [-0.4, -0.2) is 5.24 Å². The first-order valence-corrected chi connectivity index (χ1v) is 4.43. The molecule has 0 bridgehead atoms. The Bertz CT molecular complexity index is 347. The summed E-state index contributed by atoms with van der Waals surface area (Å²) in [5.41, 5.74) is 0.515. The van der Waals surface area contributed by atoms with Crippen LogP contribution in [0.5, 0.6) is 0 Å². The average molecular weight is 199 g/mol. The molecule has 0 atom stereocenters. The monoisotopic (exact) mass is 198 g/mol. The van der Waals surface area contributed by atoms with Gasteiger partial charge in [-0.1, -0.05) is 50.2 Å². The van der Waals surface area contributed by atoms with Crippen molar-refractivity contribution in [3.8, 4) is 0 Å². The Morgan fingerprint density at radius 1 is 1.38 bits per heavy atom. The van der Waals surface area contributed by atoms with Crippen LogP contribution in [0.15, 0.2) is 36.4 Å². The Morgan fingerprint density at radius 3 is 2.38 bits per heavy atom. The van der Waals surface area contributed by atoms with E-state index in [1.165, 1.54) is 0 Å². The fourth-order valence-electron chi connectivity index (χ4n) is 0.643. The summed E-state index contributed by atoms with van der Waals surface area (Å²) in [5, 5.41) is -0.908. The van der Waals surface area contributed by atoms with Gasteiger partial charge in [-0.15, -0.1) is 0 Å². The van der Waals surface area contributed by atoms with Crippen molar-refractivity contribution in [3.63, 3.8) is 0 Å². The van der Waals surface area contributed by atoms with Gasteiger partial charge in [0, 0.05) is 0 Å². The molecule has 0 saturated heterocycles. The van der Waals surface area contributed by atoms with E-state index >= 15 is 0 Å². The predicted molar refractivity (Wildman–Crippen MR) is 57.7 cm³/mol. The van der Waals surface area contributed by atoms with Gasteiger partial charge in [-0.25, -0.2) is 0 Å². The number of halogens is 1. The van der Waals surface area contributed by atoms with E-state index in [-0.39, 0.29) is 6.05 Å². The standard InChI is InChI=1S/C9H7ClO.C2H6/c10-9(11)7-6-8-4-2-1-3-5-8;1-2/h1-7H;1-2H3/b7-6+;/i6D,7D;. The molecule has 0 radical (unpaired) electrons. The van der Waals surface area contributed by atoms with Crippen molar-refractivity contribution in [2.45, 2.75) is 13.8 Å². The molecular formula is C11H13ClO. The summed E-state index contributed by atoms with van der Waals surface area (Å²) in [6.07, 6.45) is 0. The van der Waals surface area contributed by atoms with Gasteiger partial charge in [-0.3, -0.25) is 4.79 Å². The summed E-state index contributed by atoms with van der Waals surface area (Å²) >= 11 is 5.07. The number of carbonyl (C=O) groups is 1. The molecule has 0 unspecified atom stereocenters. The Labute approximate surface area is 86.8 Å². The number of carbonyl (C=O) groups excluding carboxylic acids is 1. The quantitative estimate of drug-likeness (QED) is 0.525. The zero-order valence-electron chi connectivity index (χ0n) is 9.67. The van der Waals surface area contributed by atoms with Crippen molar-refractivity contribution in [2.24, 2.45) is 0 Å². The summed E-state index contributed by atoms with van der Waals surface area (Å²) in [6, 6.07) is 7.93. The van der Waals surface area contributed by atoms with E-state index in [1.807, 2.05) is 13.8 Å². The highest BCUT2D eigenvalue weighted by Gasteiger charge is 1.85. The van der Waals surface area contributed by atoms with Crippen LogP contribution in [0, 0.1) is 0 Å². The van der Waals surface area contributed by atoms with E-state index in [2.05, 4.69) is 0 Å². The van der Waals surface area contributed by atoms with E-state index in [0.717, 1.165) is 0 Å². The molecule has 1 nitrogen and oxygen atoms in total. The van der Waals surface area contributed by atoms with Gasteiger partial charge in [0.05, 0.1) is 2.74 Å². The summed E-state index contributed by atoms with van der Waals surface area (Å²) < 4.78 is 14.6. The van der Waals surface area contributed by atoms with E-state index in [0.29, 0.717) is 5.56 Å². The number of allylic oxidation sites excluding steroid dienone is 1. The van der Waals surface area contributed by atoms with Crippen LogP contribution in [-0.2, 0) is 4.79 Å². The molecule has 0 aliphatic rings. The number of hydrogen-bond acceptors (Lipinski definition) is 1. The van der Waals surface area contributed by atoms with Crippen molar-refractivity contribution in [1.82, 2.24) is 0 Å². The van der Waals surface area contributed by atoms with Gasteiger partial charge in [0.1, 0.15) is 0 Å². The van der Waals surface area contributed by atoms with Crippen molar-refractivity contribution in [1.29, 1.82) is 0 Å². The normalized spacial score (nSPS) is 12.8. The van der Waals surface area contributed by atoms with Gasteiger partial charge in [0.15, 0.2) is 0 Å². The maximum Gasteiger partial charge on any atom is 0.245 e. The Kier molecular flexibility index (Phi) is 4.95.